The zero-order chi connectivity index (χ0) is 12.3. The van der Waals surface area contributed by atoms with E-state index in [1.807, 2.05) is 13.0 Å². The zero-order valence-electron chi connectivity index (χ0n) is 9.51. The van der Waals surface area contributed by atoms with Crippen LogP contribution in [0, 0.1) is 17.0 Å². The first kappa shape index (κ1) is 13.0. The molecule has 1 aromatic carbocycles. The number of nitrogens with zero attached hydrogens (tertiary/aromatic N) is 1. The summed E-state index contributed by atoms with van der Waals surface area (Å²) in [4.78, 5) is 11.2. The predicted molar refractivity (Wildman–Crippen MR) is 64.8 cm³/mol. The second-order valence-electron chi connectivity index (χ2n) is 3.72. The van der Waals surface area contributed by atoms with Crippen LogP contribution < -0.4 is 0 Å². The average Bonchev–Trinajstić information content (AvgIpc) is 2.20. The van der Waals surface area contributed by atoms with Crippen molar-refractivity contribution in [1.29, 1.82) is 0 Å². The summed E-state index contributed by atoms with van der Waals surface area (Å²) in [5.74, 6) is 0. The number of rotatable bonds is 4. The van der Waals surface area contributed by atoms with Gasteiger partial charge in [-0.1, -0.05) is 13.0 Å². The largest absolute Gasteiger partial charge is 0.392 e. The number of thioether (sulfide) groups is 1. The molecule has 2 unspecified atom stereocenters. The molecule has 0 spiro atoms. The molecule has 0 saturated heterocycles. The van der Waals surface area contributed by atoms with Crippen molar-refractivity contribution in [2.45, 2.75) is 37.0 Å². The standard InChI is InChI=1S/C11H15NO3S/c1-7-10(12(14)15)5-4-6-11(7)16-9(3)8(2)13/h4-6,8-9,13H,1-3H3. The Morgan fingerprint density at radius 2 is 2.06 bits per heavy atom. The molecule has 0 aliphatic heterocycles. The lowest BCUT2D eigenvalue weighted by Gasteiger charge is -2.15. The predicted octanol–water partition coefficient (Wildman–Crippen LogP) is 2.76. The number of hydrogen-bond donors (Lipinski definition) is 1. The maximum absolute atomic E-state index is 10.7. The second-order valence-corrected chi connectivity index (χ2v) is 5.14. The molecule has 0 heterocycles. The van der Waals surface area contributed by atoms with E-state index in [0.717, 1.165) is 4.90 Å². The Morgan fingerprint density at radius 1 is 1.44 bits per heavy atom. The molecule has 0 aromatic heterocycles. The average molecular weight is 241 g/mol. The summed E-state index contributed by atoms with van der Waals surface area (Å²) in [6.45, 7) is 5.34. The third-order valence-corrected chi connectivity index (χ3v) is 3.91. The van der Waals surface area contributed by atoms with Crippen molar-refractivity contribution in [1.82, 2.24) is 0 Å². The molecule has 0 aliphatic rings. The second kappa shape index (κ2) is 5.32. The van der Waals surface area contributed by atoms with Crippen LogP contribution in [-0.2, 0) is 0 Å². The number of nitro benzene ring substituents is 1. The van der Waals surface area contributed by atoms with E-state index in [0.29, 0.717) is 5.56 Å². The fraction of sp³-hybridized carbons (Fsp3) is 0.455. The summed E-state index contributed by atoms with van der Waals surface area (Å²) in [6, 6.07) is 5.00. The number of nitro groups is 1. The van der Waals surface area contributed by atoms with E-state index in [1.165, 1.54) is 17.8 Å². The Labute approximate surface area is 98.8 Å². The van der Waals surface area contributed by atoms with Gasteiger partial charge in [0.15, 0.2) is 0 Å². The van der Waals surface area contributed by atoms with E-state index in [9.17, 15) is 15.2 Å². The van der Waals surface area contributed by atoms with Gasteiger partial charge in [0.05, 0.1) is 11.0 Å². The van der Waals surface area contributed by atoms with E-state index in [2.05, 4.69) is 0 Å². The third kappa shape index (κ3) is 2.96. The van der Waals surface area contributed by atoms with Gasteiger partial charge in [0.2, 0.25) is 0 Å². The topological polar surface area (TPSA) is 63.4 Å². The molecular weight excluding hydrogens is 226 g/mol. The minimum Gasteiger partial charge on any atom is -0.392 e. The number of aliphatic hydroxyl groups excluding tert-OH is 1. The van der Waals surface area contributed by atoms with Crippen LogP contribution in [0.5, 0.6) is 0 Å². The maximum Gasteiger partial charge on any atom is 0.273 e. The summed E-state index contributed by atoms with van der Waals surface area (Å²) < 4.78 is 0. The Kier molecular flexibility index (Phi) is 4.32. The lowest BCUT2D eigenvalue weighted by Crippen LogP contribution is -2.15. The summed E-state index contributed by atoms with van der Waals surface area (Å²) >= 11 is 1.46. The molecule has 1 rings (SSSR count). The fourth-order valence-corrected chi connectivity index (χ4v) is 2.26. The molecule has 2 atom stereocenters. The van der Waals surface area contributed by atoms with Gasteiger partial charge in [-0.25, -0.2) is 0 Å². The monoisotopic (exact) mass is 241 g/mol. The maximum atomic E-state index is 10.7. The lowest BCUT2D eigenvalue weighted by atomic mass is 10.2. The van der Waals surface area contributed by atoms with Crippen molar-refractivity contribution in [2.75, 3.05) is 0 Å². The van der Waals surface area contributed by atoms with Gasteiger partial charge in [-0.15, -0.1) is 11.8 Å². The Hall–Kier alpha value is -1.07. The molecular formula is C11H15NO3S. The SMILES string of the molecule is Cc1c(SC(C)C(C)O)cccc1[N+](=O)[O-]. The van der Waals surface area contributed by atoms with Crippen molar-refractivity contribution in [3.63, 3.8) is 0 Å². The highest BCUT2D eigenvalue weighted by atomic mass is 32.2. The van der Waals surface area contributed by atoms with Gasteiger partial charge in [-0.2, -0.15) is 0 Å². The summed E-state index contributed by atoms with van der Waals surface area (Å²) in [6.07, 6.45) is -0.441. The van der Waals surface area contributed by atoms with Crippen LogP contribution in [-0.4, -0.2) is 21.4 Å². The van der Waals surface area contributed by atoms with E-state index >= 15 is 0 Å². The molecule has 16 heavy (non-hydrogen) atoms. The molecule has 1 aromatic rings. The van der Waals surface area contributed by atoms with Gasteiger partial charge in [0.25, 0.3) is 5.69 Å². The first-order chi connectivity index (χ1) is 7.43. The van der Waals surface area contributed by atoms with E-state index < -0.39 is 6.10 Å². The molecule has 0 bridgehead atoms. The van der Waals surface area contributed by atoms with Crippen LogP contribution in [0.2, 0.25) is 0 Å². The number of aliphatic hydroxyl groups is 1. The number of hydrogen-bond acceptors (Lipinski definition) is 4. The van der Waals surface area contributed by atoms with Crippen LogP contribution in [0.25, 0.3) is 0 Å². The molecule has 0 saturated carbocycles. The van der Waals surface area contributed by atoms with Gasteiger partial charge in [-0.05, 0) is 19.9 Å². The first-order valence-corrected chi connectivity index (χ1v) is 5.90. The normalized spacial score (nSPS) is 14.5. The van der Waals surface area contributed by atoms with Crippen LogP contribution in [0.4, 0.5) is 5.69 Å². The minimum absolute atomic E-state index is 0.0145. The Morgan fingerprint density at radius 3 is 2.56 bits per heavy atom. The zero-order valence-corrected chi connectivity index (χ0v) is 10.3. The quantitative estimate of drug-likeness (QED) is 0.500. The van der Waals surface area contributed by atoms with Gasteiger partial charge >= 0.3 is 0 Å². The van der Waals surface area contributed by atoms with Gasteiger partial charge in [0.1, 0.15) is 0 Å². The number of benzene rings is 1. The highest BCUT2D eigenvalue weighted by Crippen LogP contribution is 2.32. The highest BCUT2D eigenvalue weighted by Gasteiger charge is 2.17. The Balaban J connectivity index is 2.98. The van der Waals surface area contributed by atoms with Crippen molar-refractivity contribution >= 4 is 17.4 Å². The van der Waals surface area contributed by atoms with Crippen LogP contribution in [0.1, 0.15) is 19.4 Å². The summed E-state index contributed by atoms with van der Waals surface area (Å²) in [5.41, 5.74) is 0.785. The fourth-order valence-electron chi connectivity index (χ4n) is 1.23. The summed E-state index contributed by atoms with van der Waals surface area (Å²) in [5, 5.41) is 20.2. The molecule has 4 nitrogen and oxygen atoms in total. The van der Waals surface area contributed by atoms with Gasteiger partial charge in [-0.3, -0.25) is 10.1 Å². The van der Waals surface area contributed by atoms with Crippen LogP contribution >= 0.6 is 11.8 Å². The third-order valence-electron chi connectivity index (χ3n) is 2.44. The van der Waals surface area contributed by atoms with Crippen molar-refractivity contribution in [3.8, 4) is 0 Å². The van der Waals surface area contributed by atoms with Gasteiger partial charge < -0.3 is 5.11 Å². The van der Waals surface area contributed by atoms with Crippen molar-refractivity contribution < 1.29 is 10.0 Å². The van der Waals surface area contributed by atoms with E-state index in [4.69, 9.17) is 0 Å². The first-order valence-electron chi connectivity index (χ1n) is 5.02. The van der Waals surface area contributed by atoms with Crippen LogP contribution in [0.3, 0.4) is 0 Å². The van der Waals surface area contributed by atoms with E-state index in [-0.39, 0.29) is 15.9 Å². The molecule has 0 radical (unpaired) electrons. The highest BCUT2D eigenvalue weighted by molar-refractivity contribution is 8.00. The Bertz CT molecular complexity index is 393. The van der Waals surface area contributed by atoms with Gasteiger partial charge in [0, 0.05) is 21.8 Å². The smallest absolute Gasteiger partial charge is 0.273 e. The molecule has 0 aliphatic carbocycles. The van der Waals surface area contributed by atoms with Crippen molar-refractivity contribution in [3.05, 3.63) is 33.9 Å². The molecule has 0 fully saturated rings. The molecule has 88 valence electrons. The lowest BCUT2D eigenvalue weighted by molar-refractivity contribution is -0.385. The van der Waals surface area contributed by atoms with Crippen LogP contribution in [0.15, 0.2) is 23.1 Å². The molecule has 0 amide bonds. The van der Waals surface area contributed by atoms with E-state index in [1.54, 1.807) is 19.9 Å². The minimum atomic E-state index is -0.441. The van der Waals surface area contributed by atoms with Crippen molar-refractivity contribution in [2.24, 2.45) is 0 Å². The molecule has 1 N–H and O–H groups in total. The molecule has 5 heteroatoms. The summed E-state index contributed by atoms with van der Waals surface area (Å²) in [7, 11) is 0.